The first kappa shape index (κ1) is 16.7. The fourth-order valence-corrected chi connectivity index (χ4v) is 2.39. The number of carbonyl (C=O) groups excluding carboxylic acids is 1. The molecule has 1 fully saturated rings. The minimum Gasteiger partial charge on any atom is -0.390 e. The van der Waals surface area contributed by atoms with Gasteiger partial charge >= 0.3 is 0 Å². The highest BCUT2D eigenvalue weighted by atomic mass is 19.1. The molecule has 0 aliphatic carbocycles. The number of aliphatic hydroxyl groups excluding tert-OH is 1. The molecule has 2 rings (SSSR count). The standard InChI is InChI=1S/C15H22FN3O3/c1-11(20)19(9-14(21)8-17)13-4-2-12(3-5-13)18-6-7-22-10-15(18)16/h2-5,14-15,21H,6-10,17H2,1H3/t14-,15?/m0/s1. The van der Waals surface area contributed by atoms with Crippen LogP contribution in [0.4, 0.5) is 15.8 Å². The van der Waals surface area contributed by atoms with Gasteiger partial charge in [-0.3, -0.25) is 4.79 Å². The smallest absolute Gasteiger partial charge is 0.223 e. The number of benzene rings is 1. The molecule has 0 saturated carbocycles. The topological polar surface area (TPSA) is 79.0 Å². The van der Waals surface area contributed by atoms with Crippen LogP contribution in [0.15, 0.2) is 24.3 Å². The largest absolute Gasteiger partial charge is 0.390 e. The summed E-state index contributed by atoms with van der Waals surface area (Å²) in [4.78, 5) is 14.8. The zero-order valence-electron chi connectivity index (χ0n) is 12.6. The van der Waals surface area contributed by atoms with Crippen LogP contribution >= 0.6 is 0 Å². The number of morpholine rings is 1. The van der Waals surface area contributed by atoms with Crippen molar-refractivity contribution in [2.45, 2.75) is 19.3 Å². The Morgan fingerprint density at radius 3 is 2.77 bits per heavy atom. The van der Waals surface area contributed by atoms with Gasteiger partial charge in [0.05, 0.1) is 25.9 Å². The van der Waals surface area contributed by atoms with E-state index in [1.807, 2.05) is 0 Å². The maximum atomic E-state index is 13.8. The lowest BCUT2D eigenvalue weighted by atomic mass is 10.2. The average Bonchev–Trinajstić information content (AvgIpc) is 2.53. The number of nitrogens with zero attached hydrogens (tertiary/aromatic N) is 2. The fraction of sp³-hybridized carbons (Fsp3) is 0.533. The van der Waals surface area contributed by atoms with Crippen LogP contribution in [-0.2, 0) is 9.53 Å². The monoisotopic (exact) mass is 311 g/mol. The Kier molecular flexibility index (Phi) is 5.70. The van der Waals surface area contributed by atoms with Crippen molar-refractivity contribution in [2.24, 2.45) is 5.73 Å². The number of hydrogen-bond donors (Lipinski definition) is 2. The predicted octanol–water partition coefficient (Wildman–Crippen LogP) is 0.491. The third-order valence-corrected chi connectivity index (χ3v) is 3.61. The average molecular weight is 311 g/mol. The first-order valence-electron chi connectivity index (χ1n) is 7.27. The number of carbonyl (C=O) groups is 1. The van der Waals surface area contributed by atoms with E-state index in [0.29, 0.717) is 18.8 Å². The van der Waals surface area contributed by atoms with E-state index in [4.69, 9.17) is 10.5 Å². The summed E-state index contributed by atoms with van der Waals surface area (Å²) < 4.78 is 18.9. The highest BCUT2D eigenvalue weighted by Crippen LogP contribution is 2.24. The quantitative estimate of drug-likeness (QED) is 0.774. The molecule has 1 aliphatic heterocycles. The Bertz CT molecular complexity index is 497. The number of ether oxygens (including phenoxy) is 1. The van der Waals surface area contributed by atoms with Crippen LogP contribution in [0.2, 0.25) is 0 Å². The van der Waals surface area contributed by atoms with E-state index in [1.165, 1.54) is 11.8 Å². The van der Waals surface area contributed by atoms with E-state index in [-0.39, 0.29) is 25.6 Å². The Balaban J connectivity index is 2.13. The molecule has 3 N–H and O–H groups in total. The van der Waals surface area contributed by atoms with E-state index in [1.54, 1.807) is 29.2 Å². The second-order valence-corrected chi connectivity index (χ2v) is 5.24. The highest BCUT2D eigenvalue weighted by Gasteiger charge is 2.23. The number of anilines is 2. The summed E-state index contributed by atoms with van der Waals surface area (Å²) in [5, 5.41) is 9.64. The molecule has 1 aromatic carbocycles. The molecule has 122 valence electrons. The van der Waals surface area contributed by atoms with Gasteiger partial charge in [0.25, 0.3) is 0 Å². The van der Waals surface area contributed by atoms with Gasteiger partial charge in [-0.15, -0.1) is 0 Å². The number of alkyl halides is 1. The molecule has 7 heteroatoms. The van der Waals surface area contributed by atoms with Gasteiger partial charge in [-0.05, 0) is 24.3 Å². The summed E-state index contributed by atoms with van der Waals surface area (Å²) in [5.41, 5.74) is 6.77. The predicted molar refractivity (Wildman–Crippen MR) is 82.6 cm³/mol. The van der Waals surface area contributed by atoms with E-state index in [9.17, 15) is 14.3 Å². The minimum absolute atomic E-state index is 0.0595. The second-order valence-electron chi connectivity index (χ2n) is 5.24. The second kappa shape index (κ2) is 7.53. The summed E-state index contributed by atoms with van der Waals surface area (Å²) in [6.07, 6.45) is -1.94. The van der Waals surface area contributed by atoms with E-state index in [2.05, 4.69) is 0 Å². The number of amides is 1. The van der Waals surface area contributed by atoms with Crippen molar-refractivity contribution < 1.29 is 19.0 Å². The molecule has 22 heavy (non-hydrogen) atoms. The molecule has 0 aromatic heterocycles. The summed E-state index contributed by atoms with van der Waals surface area (Å²) in [6, 6.07) is 7.00. The van der Waals surface area contributed by atoms with Gasteiger partial charge in [0.1, 0.15) is 0 Å². The van der Waals surface area contributed by atoms with Crippen LogP contribution in [0.1, 0.15) is 6.92 Å². The van der Waals surface area contributed by atoms with Crippen molar-refractivity contribution in [1.29, 1.82) is 0 Å². The number of rotatable bonds is 5. The van der Waals surface area contributed by atoms with Crippen molar-refractivity contribution >= 4 is 17.3 Å². The Hall–Kier alpha value is -1.70. The van der Waals surface area contributed by atoms with Crippen molar-refractivity contribution in [3.05, 3.63) is 24.3 Å². The lowest BCUT2D eigenvalue weighted by molar-refractivity contribution is -0.116. The first-order chi connectivity index (χ1) is 10.5. The zero-order chi connectivity index (χ0) is 16.1. The first-order valence-corrected chi connectivity index (χ1v) is 7.27. The molecule has 2 atom stereocenters. The maximum absolute atomic E-state index is 13.8. The van der Waals surface area contributed by atoms with Crippen molar-refractivity contribution in [2.75, 3.05) is 42.6 Å². The molecule has 1 heterocycles. The van der Waals surface area contributed by atoms with Gasteiger partial charge < -0.3 is 25.4 Å². The summed E-state index contributed by atoms with van der Waals surface area (Å²) in [6.45, 7) is 2.68. The molecule has 1 aliphatic rings. The van der Waals surface area contributed by atoms with Crippen LogP contribution < -0.4 is 15.5 Å². The lowest BCUT2D eigenvalue weighted by Crippen LogP contribution is -2.43. The maximum Gasteiger partial charge on any atom is 0.223 e. The summed E-state index contributed by atoms with van der Waals surface area (Å²) >= 11 is 0. The third-order valence-electron chi connectivity index (χ3n) is 3.61. The molecular formula is C15H22FN3O3. The lowest BCUT2D eigenvalue weighted by Gasteiger charge is -2.32. The van der Waals surface area contributed by atoms with Crippen LogP contribution in [-0.4, -0.2) is 56.3 Å². The molecular weight excluding hydrogens is 289 g/mol. The van der Waals surface area contributed by atoms with Gasteiger partial charge in [0, 0.05) is 31.4 Å². The van der Waals surface area contributed by atoms with E-state index >= 15 is 0 Å². The van der Waals surface area contributed by atoms with Crippen molar-refractivity contribution in [3.63, 3.8) is 0 Å². The van der Waals surface area contributed by atoms with Crippen LogP contribution in [0.5, 0.6) is 0 Å². The van der Waals surface area contributed by atoms with E-state index < -0.39 is 12.4 Å². The number of hydrogen-bond acceptors (Lipinski definition) is 5. The molecule has 1 aromatic rings. The number of aliphatic hydroxyl groups is 1. The zero-order valence-corrected chi connectivity index (χ0v) is 12.6. The van der Waals surface area contributed by atoms with Crippen molar-refractivity contribution in [3.8, 4) is 0 Å². The number of halogens is 1. The van der Waals surface area contributed by atoms with Crippen LogP contribution in [0.25, 0.3) is 0 Å². The van der Waals surface area contributed by atoms with Crippen LogP contribution in [0, 0.1) is 0 Å². The van der Waals surface area contributed by atoms with Gasteiger partial charge in [0.15, 0.2) is 6.30 Å². The molecule has 1 unspecified atom stereocenters. The summed E-state index contributed by atoms with van der Waals surface area (Å²) in [7, 11) is 0. The minimum atomic E-state index is -1.16. The Morgan fingerprint density at radius 1 is 1.55 bits per heavy atom. The Morgan fingerprint density at radius 2 is 2.23 bits per heavy atom. The molecule has 1 amide bonds. The molecule has 6 nitrogen and oxygen atoms in total. The number of nitrogens with two attached hydrogens (primary N) is 1. The van der Waals surface area contributed by atoms with Gasteiger partial charge in [0.2, 0.25) is 5.91 Å². The molecule has 1 saturated heterocycles. The molecule has 0 radical (unpaired) electrons. The normalized spacial score (nSPS) is 19.8. The highest BCUT2D eigenvalue weighted by molar-refractivity contribution is 5.91. The van der Waals surface area contributed by atoms with Crippen LogP contribution in [0.3, 0.4) is 0 Å². The SMILES string of the molecule is CC(=O)N(C[C@@H](O)CN)c1ccc(N2CCOCC2F)cc1. The van der Waals surface area contributed by atoms with E-state index in [0.717, 1.165) is 5.69 Å². The fourth-order valence-electron chi connectivity index (χ4n) is 2.39. The van der Waals surface area contributed by atoms with Gasteiger partial charge in [-0.25, -0.2) is 4.39 Å². The third kappa shape index (κ3) is 3.94. The summed E-state index contributed by atoms with van der Waals surface area (Å²) in [5.74, 6) is -0.185. The Labute approximate surface area is 129 Å². The molecule has 0 bridgehead atoms. The van der Waals surface area contributed by atoms with Crippen molar-refractivity contribution in [1.82, 2.24) is 0 Å². The van der Waals surface area contributed by atoms with Gasteiger partial charge in [-0.1, -0.05) is 0 Å². The van der Waals surface area contributed by atoms with Gasteiger partial charge in [-0.2, -0.15) is 0 Å². The molecule has 0 spiro atoms.